The summed E-state index contributed by atoms with van der Waals surface area (Å²) >= 11 is 0. The normalized spacial score (nSPS) is 10.9. The second-order valence-corrected chi connectivity index (χ2v) is 5.28. The molecule has 0 aliphatic carbocycles. The molecule has 0 amide bonds. The van der Waals surface area contributed by atoms with Gasteiger partial charge < -0.3 is 4.74 Å². The summed E-state index contributed by atoms with van der Waals surface area (Å²) in [4.78, 5) is 26.5. The van der Waals surface area contributed by atoms with Gasteiger partial charge >= 0.3 is 5.97 Å². The average molecular weight is 334 g/mol. The summed E-state index contributed by atoms with van der Waals surface area (Å²) in [5, 5.41) is 11.5. The zero-order chi connectivity index (χ0) is 17.8. The molecule has 0 spiro atoms. The SMILES string of the molecule is COC(=O)c1ccc(/C=C/c2ccc3c([N+](=O)[O-])cccc3n2)cc1. The molecule has 6 heteroatoms. The molecule has 0 atom stereocenters. The van der Waals surface area contributed by atoms with E-state index in [1.165, 1.54) is 13.2 Å². The van der Waals surface area contributed by atoms with Crippen LogP contribution in [0.4, 0.5) is 5.69 Å². The lowest BCUT2D eigenvalue weighted by Crippen LogP contribution is -2.00. The molecule has 2 aromatic carbocycles. The highest BCUT2D eigenvalue weighted by Crippen LogP contribution is 2.24. The minimum atomic E-state index is -0.414. The number of methoxy groups -OCH3 is 1. The van der Waals surface area contributed by atoms with Crippen LogP contribution in [0.15, 0.2) is 54.6 Å². The van der Waals surface area contributed by atoms with Crippen molar-refractivity contribution in [2.75, 3.05) is 7.11 Å². The molecule has 0 N–H and O–H groups in total. The van der Waals surface area contributed by atoms with Gasteiger partial charge in [0.2, 0.25) is 0 Å². The molecule has 124 valence electrons. The molecule has 0 saturated carbocycles. The number of esters is 1. The van der Waals surface area contributed by atoms with Crippen molar-refractivity contribution in [3.05, 3.63) is 81.5 Å². The largest absolute Gasteiger partial charge is 0.465 e. The molecule has 0 saturated heterocycles. The van der Waals surface area contributed by atoms with E-state index < -0.39 is 4.92 Å². The molecule has 0 fully saturated rings. The number of benzene rings is 2. The van der Waals surface area contributed by atoms with Crippen molar-refractivity contribution in [3.63, 3.8) is 0 Å². The second-order valence-electron chi connectivity index (χ2n) is 5.28. The van der Waals surface area contributed by atoms with E-state index in [1.807, 2.05) is 12.2 Å². The Morgan fingerprint density at radius 1 is 1.08 bits per heavy atom. The third-order valence-electron chi connectivity index (χ3n) is 3.71. The fourth-order valence-corrected chi connectivity index (χ4v) is 2.44. The van der Waals surface area contributed by atoms with Crippen LogP contribution in [0.5, 0.6) is 0 Å². The molecule has 3 aromatic rings. The zero-order valence-electron chi connectivity index (χ0n) is 13.4. The van der Waals surface area contributed by atoms with Crippen molar-refractivity contribution in [3.8, 4) is 0 Å². The van der Waals surface area contributed by atoms with Gasteiger partial charge in [-0.05, 0) is 42.0 Å². The summed E-state index contributed by atoms with van der Waals surface area (Å²) < 4.78 is 4.66. The number of carbonyl (C=O) groups excluding carboxylic acids is 1. The predicted molar refractivity (Wildman–Crippen MR) is 95.1 cm³/mol. The maximum Gasteiger partial charge on any atom is 0.337 e. The number of fused-ring (bicyclic) bond motifs is 1. The lowest BCUT2D eigenvalue weighted by Gasteiger charge is -2.01. The van der Waals surface area contributed by atoms with Crippen molar-refractivity contribution in [1.29, 1.82) is 0 Å². The molecule has 0 unspecified atom stereocenters. The first-order valence-corrected chi connectivity index (χ1v) is 7.49. The van der Waals surface area contributed by atoms with Crippen LogP contribution in [0.3, 0.4) is 0 Å². The van der Waals surface area contributed by atoms with E-state index in [0.29, 0.717) is 22.2 Å². The molecule has 0 radical (unpaired) electrons. The van der Waals surface area contributed by atoms with Crippen LogP contribution >= 0.6 is 0 Å². The molecule has 1 aromatic heterocycles. The molecule has 0 bridgehead atoms. The Labute approximate surface area is 143 Å². The van der Waals surface area contributed by atoms with Gasteiger partial charge in [0, 0.05) is 6.07 Å². The lowest BCUT2D eigenvalue weighted by molar-refractivity contribution is -0.383. The third kappa shape index (κ3) is 3.53. The molecular formula is C19H14N2O4. The predicted octanol–water partition coefficient (Wildman–Crippen LogP) is 4.10. The number of carbonyl (C=O) groups is 1. The van der Waals surface area contributed by atoms with Crippen LogP contribution in [0.2, 0.25) is 0 Å². The number of nitrogens with zero attached hydrogens (tertiary/aromatic N) is 2. The number of hydrogen-bond donors (Lipinski definition) is 0. The van der Waals surface area contributed by atoms with Crippen LogP contribution in [-0.2, 0) is 4.74 Å². The second kappa shape index (κ2) is 6.92. The Morgan fingerprint density at radius 3 is 2.52 bits per heavy atom. The Bertz CT molecular complexity index is 978. The number of aromatic nitrogens is 1. The highest BCUT2D eigenvalue weighted by atomic mass is 16.6. The number of non-ortho nitro benzene ring substituents is 1. The van der Waals surface area contributed by atoms with Crippen molar-refractivity contribution < 1.29 is 14.5 Å². The van der Waals surface area contributed by atoms with Gasteiger partial charge in [-0.25, -0.2) is 9.78 Å². The maximum absolute atomic E-state index is 11.4. The first-order chi connectivity index (χ1) is 12.1. The van der Waals surface area contributed by atoms with Crippen molar-refractivity contribution >= 4 is 34.7 Å². The van der Waals surface area contributed by atoms with Gasteiger partial charge in [-0.15, -0.1) is 0 Å². The van der Waals surface area contributed by atoms with E-state index in [4.69, 9.17) is 0 Å². The quantitative estimate of drug-likeness (QED) is 0.407. The van der Waals surface area contributed by atoms with Crippen LogP contribution < -0.4 is 0 Å². The van der Waals surface area contributed by atoms with Gasteiger partial charge in [0.15, 0.2) is 0 Å². The summed E-state index contributed by atoms with van der Waals surface area (Å²) in [5.74, 6) is -0.381. The fourth-order valence-electron chi connectivity index (χ4n) is 2.44. The Balaban J connectivity index is 1.86. The first kappa shape index (κ1) is 16.3. The Hall–Kier alpha value is -3.54. The summed E-state index contributed by atoms with van der Waals surface area (Å²) in [6.45, 7) is 0. The summed E-state index contributed by atoms with van der Waals surface area (Å²) in [6.07, 6.45) is 3.66. The van der Waals surface area contributed by atoms with Crippen molar-refractivity contribution in [2.24, 2.45) is 0 Å². The van der Waals surface area contributed by atoms with Gasteiger partial charge in [0.05, 0.1) is 34.2 Å². The van der Waals surface area contributed by atoms with E-state index >= 15 is 0 Å². The number of nitro benzene ring substituents is 1. The zero-order valence-corrected chi connectivity index (χ0v) is 13.4. The minimum Gasteiger partial charge on any atom is -0.465 e. The van der Waals surface area contributed by atoms with E-state index in [-0.39, 0.29) is 11.7 Å². The summed E-state index contributed by atoms with van der Waals surface area (Å²) in [6, 6.07) is 15.2. The smallest absolute Gasteiger partial charge is 0.337 e. The van der Waals surface area contributed by atoms with Crippen LogP contribution in [-0.4, -0.2) is 23.0 Å². The standard InChI is InChI=1S/C19H14N2O4/c1-25-19(22)14-8-5-13(6-9-14)7-10-15-11-12-16-17(20-15)3-2-4-18(16)21(23)24/h2-12H,1H3/b10-7+. The molecule has 3 rings (SSSR count). The third-order valence-corrected chi connectivity index (χ3v) is 3.71. The molecule has 0 aliphatic heterocycles. The van der Waals surface area contributed by atoms with Gasteiger partial charge in [0.25, 0.3) is 5.69 Å². The monoisotopic (exact) mass is 334 g/mol. The Morgan fingerprint density at radius 2 is 1.84 bits per heavy atom. The van der Waals surface area contributed by atoms with Gasteiger partial charge in [0.1, 0.15) is 0 Å². The van der Waals surface area contributed by atoms with Gasteiger partial charge in [-0.3, -0.25) is 10.1 Å². The van der Waals surface area contributed by atoms with E-state index in [1.54, 1.807) is 48.5 Å². The molecular weight excluding hydrogens is 320 g/mol. The van der Waals surface area contributed by atoms with Crippen LogP contribution in [0, 0.1) is 10.1 Å². The number of rotatable bonds is 4. The van der Waals surface area contributed by atoms with Crippen LogP contribution in [0.25, 0.3) is 23.1 Å². The molecule has 1 heterocycles. The Kier molecular flexibility index (Phi) is 4.52. The van der Waals surface area contributed by atoms with Gasteiger partial charge in [-0.2, -0.15) is 0 Å². The van der Waals surface area contributed by atoms with E-state index in [2.05, 4.69) is 9.72 Å². The number of nitro groups is 1. The number of ether oxygens (including phenoxy) is 1. The number of hydrogen-bond acceptors (Lipinski definition) is 5. The summed E-state index contributed by atoms with van der Waals surface area (Å²) in [5.41, 5.74) is 2.67. The topological polar surface area (TPSA) is 82.3 Å². The molecule has 25 heavy (non-hydrogen) atoms. The fraction of sp³-hybridized carbons (Fsp3) is 0.0526. The van der Waals surface area contributed by atoms with Crippen LogP contribution in [0.1, 0.15) is 21.6 Å². The van der Waals surface area contributed by atoms with Crippen molar-refractivity contribution in [2.45, 2.75) is 0 Å². The number of pyridine rings is 1. The first-order valence-electron chi connectivity index (χ1n) is 7.49. The van der Waals surface area contributed by atoms with E-state index in [0.717, 1.165) is 5.56 Å². The highest BCUT2D eigenvalue weighted by Gasteiger charge is 2.11. The summed E-state index contributed by atoms with van der Waals surface area (Å²) in [7, 11) is 1.34. The van der Waals surface area contributed by atoms with Gasteiger partial charge in [-0.1, -0.05) is 24.3 Å². The highest BCUT2D eigenvalue weighted by molar-refractivity contribution is 5.90. The van der Waals surface area contributed by atoms with Crippen molar-refractivity contribution in [1.82, 2.24) is 4.98 Å². The average Bonchev–Trinajstić information content (AvgIpc) is 2.65. The van der Waals surface area contributed by atoms with E-state index in [9.17, 15) is 14.9 Å². The minimum absolute atomic E-state index is 0.0407. The lowest BCUT2D eigenvalue weighted by atomic mass is 10.1. The maximum atomic E-state index is 11.4. The molecule has 0 aliphatic rings. The molecule has 6 nitrogen and oxygen atoms in total.